The van der Waals surface area contributed by atoms with Crippen LogP contribution in [-0.4, -0.2) is 24.1 Å². The van der Waals surface area contributed by atoms with Crippen molar-refractivity contribution in [1.82, 2.24) is 0 Å². The molecule has 1 saturated heterocycles. The standard InChI is InChI=1S/C19H17ClN2O3/c1-12(23)13-3-2-4-16(9-13)21-19(25)14-10-18(24)22(11-14)17-7-5-15(20)6-8-17/h2-9,14H,10-11H2,1H3,(H,21,25)/t14-/m1/s1. The Balaban J connectivity index is 1.69. The van der Waals surface area contributed by atoms with Crippen molar-refractivity contribution >= 4 is 40.6 Å². The smallest absolute Gasteiger partial charge is 0.229 e. The van der Waals surface area contributed by atoms with Crippen LogP contribution in [0.2, 0.25) is 5.02 Å². The molecule has 1 N–H and O–H groups in total. The number of anilines is 2. The molecule has 1 fully saturated rings. The third-order valence-corrected chi connectivity index (χ3v) is 4.42. The molecule has 1 heterocycles. The molecule has 1 atom stereocenters. The van der Waals surface area contributed by atoms with E-state index in [0.717, 1.165) is 5.69 Å². The molecule has 2 amide bonds. The third-order valence-electron chi connectivity index (χ3n) is 4.17. The Morgan fingerprint density at radius 3 is 2.56 bits per heavy atom. The first-order valence-electron chi connectivity index (χ1n) is 7.92. The van der Waals surface area contributed by atoms with Gasteiger partial charge < -0.3 is 10.2 Å². The van der Waals surface area contributed by atoms with E-state index in [2.05, 4.69) is 5.32 Å². The van der Waals surface area contributed by atoms with Gasteiger partial charge in [0.15, 0.2) is 5.78 Å². The Morgan fingerprint density at radius 1 is 1.16 bits per heavy atom. The van der Waals surface area contributed by atoms with Gasteiger partial charge in [0, 0.05) is 34.9 Å². The van der Waals surface area contributed by atoms with Gasteiger partial charge in [-0.15, -0.1) is 0 Å². The van der Waals surface area contributed by atoms with Crippen molar-refractivity contribution in [2.24, 2.45) is 5.92 Å². The number of Topliss-reactive ketones (excluding diaryl/α,β-unsaturated/α-hetero) is 1. The quantitative estimate of drug-likeness (QED) is 0.852. The fourth-order valence-corrected chi connectivity index (χ4v) is 2.94. The van der Waals surface area contributed by atoms with Crippen molar-refractivity contribution < 1.29 is 14.4 Å². The van der Waals surface area contributed by atoms with Crippen LogP contribution >= 0.6 is 11.6 Å². The lowest BCUT2D eigenvalue weighted by Crippen LogP contribution is -2.28. The highest BCUT2D eigenvalue weighted by Crippen LogP contribution is 2.27. The van der Waals surface area contributed by atoms with Gasteiger partial charge in [-0.2, -0.15) is 0 Å². The summed E-state index contributed by atoms with van der Waals surface area (Å²) in [6, 6.07) is 13.7. The minimum Gasteiger partial charge on any atom is -0.326 e. The van der Waals surface area contributed by atoms with E-state index in [0.29, 0.717) is 22.8 Å². The molecule has 1 aliphatic heterocycles. The largest absolute Gasteiger partial charge is 0.326 e. The molecule has 0 radical (unpaired) electrons. The summed E-state index contributed by atoms with van der Waals surface area (Å²) in [4.78, 5) is 37.7. The van der Waals surface area contributed by atoms with E-state index in [9.17, 15) is 14.4 Å². The van der Waals surface area contributed by atoms with E-state index in [1.54, 1.807) is 53.4 Å². The van der Waals surface area contributed by atoms with Gasteiger partial charge in [-0.1, -0.05) is 23.7 Å². The van der Waals surface area contributed by atoms with Crippen molar-refractivity contribution in [1.29, 1.82) is 0 Å². The molecule has 128 valence electrons. The summed E-state index contributed by atoms with van der Waals surface area (Å²) < 4.78 is 0. The fourth-order valence-electron chi connectivity index (χ4n) is 2.81. The van der Waals surface area contributed by atoms with Crippen molar-refractivity contribution in [2.45, 2.75) is 13.3 Å². The average Bonchev–Trinajstić information content (AvgIpc) is 2.98. The van der Waals surface area contributed by atoms with Crippen LogP contribution in [0.1, 0.15) is 23.7 Å². The minimum atomic E-state index is -0.441. The molecule has 0 aliphatic carbocycles. The lowest BCUT2D eigenvalue weighted by atomic mass is 10.1. The molecule has 5 nitrogen and oxygen atoms in total. The number of halogens is 1. The third kappa shape index (κ3) is 3.88. The van der Waals surface area contributed by atoms with E-state index >= 15 is 0 Å². The molecule has 25 heavy (non-hydrogen) atoms. The van der Waals surface area contributed by atoms with Gasteiger partial charge in [-0.05, 0) is 43.3 Å². The van der Waals surface area contributed by atoms with E-state index in [-0.39, 0.29) is 24.0 Å². The van der Waals surface area contributed by atoms with E-state index in [1.165, 1.54) is 6.92 Å². The molecule has 0 aromatic heterocycles. The average molecular weight is 357 g/mol. The zero-order valence-corrected chi connectivity index (χ0v) is 14.4. The molecule has 2 aromatic carbocycles. The first kappa shape index (κ1) is 17.2. The molecule has 0 bridgehead atoms. The minimum absolute atomic E-state index is 0.0685. The van der Waals surface area contributed by atoms with Crippen molar-refractivity contribution in [2.75, 3.05) is 16.8 Å². The summed E-state index contributed by atoms with van der Waals surface area (Å²) in [6.07, 6.45) is 0.154. The number of ketones is 1. The van der Waals surface area contributed by atoms with E-state index < -0.39 is 5.92 Å². The number of nitrogens with one attached hydrogen (secondary N) is 1. The first-order chi connectivity index (χ1) is 11.9. The predicted molar refractivity (Wildman–Crippen MR) is 97.0 cm³/mol. The Bertz CT molecular complexity index is 833. The monoisotopic (exact) mass is 356 g/mol. The van der Waals surface area contributed by atoms with Crippen LogP contribution < -0.4 is 10.2 Å². The summed E-state index contributed by atoms with van der Waals surface area (Å²) in [5.74, 6) is -0.837. The highest BCUT2D eigenvalue weighted by molar-refractivity contribution is 6.30. The maximum absolute atomic E-state index is 12.5. The normalized spacial score (nSPS) is 16.8. The SMILES string of the molecule is CC(=O)c1cccc(NC(=O)[C@@H]2CC(=O)N(c3ccc(Cl)cc3)C2)c1. The predicted octanol–water partition coefficient (Wildman–Crippen LogP) is 3.53. The Labute approximate surface area is 150 Å². The van der Waals surface area contributed by atoms with Crippen molar-refractivity contribution in [3.63, 3.8) is 0 Å². The Kier molecular flexibility index (Phi) is 4.86. The number of hydrogen-bond acceptors (Lipinski definition) is 3. The lowest BCUT2D eigenvalue weighted by Gasteiger charge is -2.16. The molecular formula is C19H17ClN2O3. The molecule has 6 heteroatoms. The second kappa shape index (κ2) is 7.07. The maximum Gasteiger partial charge on any atom is 0.229 e. The number of benzene rings is 2. The van der Waals surface area contributed by atoms with Crippen LogP contribution in [0.5, 0.6) is 0 Å². The fraction of sp³-hybridized carbons (Fsp3) is 0.211. The maximum atomic E-state index is 12.5. The van der Waals surface area contributed by atoms with E-state index in [4.69, 9.17) is 11.6 Å². The van der Waals surface area contributed by atoms with Gasteiger partial charge in [0.2, 0.25) is 11.8 Å². The van der Waals surface area contributed by atoms with Crippen LogP contribution in [0.15, 0.2) is 48.5 Å². The van der Waals surface area contributed by atoms with Gasteiger partial charge >= 0.3 is 0 Å². The molecule has 0 spiro atoms. The highest BCUT2D eigenvalue weighted by atomic mass is 35.5. The number of hydrogen-bond donors (Lipinski definition) is 1. The molecule has 2 aromatic rings. The molecule has 3 rings (SSSR count). The number of amides is 2. The van der Waals surface area contributed by atoms with E-state index in [1.807, 2.05) is 0 Å². The number of carbonyl (C=O) groups is 3. The summed E-state index contributed by atoms with van der Waals surface area (Å²) >= 11 is 5.87. The Morgan fingerprint density at radius 2 is 1.88 bits per heavy atom. The molecule has 1 aliphatic rings. The molecule has 0 saturated carbocycles. The summed E-state index contributed by atoms with van der Waals surface area (Å²) in [5, 5.41) is 3.38. The summed E-state index contributed by atoms with van der Waals surface area (Å²) in [6.45, 7) is 1.79. The second-order valence-corrected chi connectivity index (χ2v) is 6.44. The van der Waals surface area contributed by atoms with Crippen molar-refractivity contribution in [3.8, 4) is 0 Å². The first-order valence-corrected chi connectivity index (χ1v) is 8.29. The van der Waals surface area contributed by atoms with Gasteiger partial charge in [-0.3, -0.25) is 14.4 Å². The van der Waals surface area contributed by atoms with Crippen LogP contribution in [-0.2, 0) is 9.59 Å². The molecule has 0 unspecified atom stereocenters. The summed E-state index contributed by atoms with van der Waals surface area (Å²) in [7, 11) is 0. The number of rotatable bonds is 4. The number of carbonyl (C=O) groups excluding carboxylic acids is 3. The van der Waals surface area contributed by atoms with Gasteiger partial charge in [0.1, 0.15) is 0 Å². The van der Waals surface area contributed by atoms with Crippen LogP contribution in [0.3, 0.4) is 0 Å². The number of nitrogens with zero attached hydrogens (tertiary/aromatic N) is 1. The van der Waals surface area contributed by atoms with Crippen LogP contribution in [0.25, 0.3) is 0 Å². The highest BCUT2D eigenvalue weighted by Gasteiger charge is 2.35. The van der Waals surface area contributed by atoms with Crippen molar-refractivity contribution in [3.05, 3.63) is 59.1 Å². The van der Waals surface area contributed by atoms with Gasteiger partial charge in [-0.25, -0.2) is 0 Å². The molecular weight excluding hydrogens is 340 g/mol. The topological polar surface area (TPSA) is 66.5 Å². The zero-order chi connectivity index (χ0) is 18.0. The second-order valence-electron chi connectivity index (χ2n) is 6.01. The van der Waals surface area contributed by atoms with Gasteiger partial charge in [0.25, 0.3) is 0 Å². The van der Waals surface area contributed by atoms with Crippen LogP contribution in [0.4, 0.5) is 11.4 Å². The van der Waals surface area contributed by atoms with Gasteiger partial charge in [0.05, 0.1) is 5.92 Å². The zero-order valence-electron chi connectivity index (χ0n) is 13.7. The van der Waals surface area contributed by atoms with Crippen LogP contribution in [0, 0.1) is 5.92 Å². The Hall–Kier alpha value is -2.66. The summed E-state index contributed by atoms with van der Waals surface area (Å²) in [5.41, 5.74) is 1.81. The lowest BCUT2D eigenvalue weighted by molar-refractivity contribution is -0.122.